The summed E-state index contributed by atoms with van der Waals surface area (Å²) in [7, 11) is 0. The molecule has 0 saturated carbocycles. The van der Waals surface area contributed by atoms with Crippen LogP contribution >= 0.6 is 0 Å². The van der Waals surface area contributed by atoms with Gasteiger partial charge in [0.1, 0.15) is 0 Å². The van der Waals surface area contributed by atoms with E-state index in [9.17, 15) is 0 Å². The minimum atomic E-state index is 0.327. The van der Waals surface area contributed by atoms with Crippen molar-refractivity contribution in [2.45, 2.75) is 32.2 Å². The third-order valence-electron chi connectivity index (χ3n) is 2.71. The Morgan fingerprint density at radius 1 is 1.46 bits per heavy atom. The zero-order valence-electron chi connectivity index (χ0n) is 8.63. The Hall–Kier alpha value is -0.120. The maximum Gasteiger partial charge on any atom is 0.0586 e. The molecule has 1 fully saturated rings. The largest absolute Gasteiger partial charge is 0.395 e. The minimum Gasteiger partial charge on any atom is -0.395 e. The van der Waals surface area contributed by atoms with Crippen LogP contribution in [-0.2, 0) is 0 Å². The molecule has 0 aliphatic carbocycles. The van der Waals surface area contributed by atoms with Crippen LogP contribution in [0.5, 0.6) is 0 Å². The molecule has 78 valence electrons. The second-order valence-electron chi connectivity index (χ2n) is 3.76. The van der Waals surface area contributed by atoms with Crippen LogP contribution in [0.1, 0.15) is 26.2 Å². The quantitative estimate of drug-likeness (QED) is 0.591. The predicted molar refractivity (Wildman–Crippen MR) is 54.8 cm³/mol. The van der Waals surface area contributed by atoms with Gasteiger partial charge in [0.05, 0.1) is 6.61 Å². The molecule has 3 nitrogen and oxygen atoms in total. The van der Waals surface area contributed by atoms with Gasteiger partial charge in [0.2, 0.25) is 0 Å². The van der Waals surface area contributed by atoms with E-state index in [0.717, 1.165) is 19.6 Å². The van der Waals surface area contributed by atoms with Crippen LogP contribution in [0, 0.1) is 0 Å². The summed E-state index contributed by atoms with van der Waals surface area (Å²) in [6.07, 6.45) is 3.62. The summed E-state index contributed by atoms with van der Waals surface area (Å²) in [6, 6.07) is 0.434. The topological polar surface area (TPSA) is 35.5 Å². The van der Waals surface area contributed by atoms with E-state index >= 15 is 0 Å². The molecule has 1 aliphatic rings. The molecule has 1 rings (SSSR count). The fourth-order valence-corrected chi connectivity index (χ4v) is 1.92. The third-order valence-corrected chi connectivity index (χ3v) is 2.71. The molecule has 0 aromatic carbocycles. The molecular formula is C10H22N2O. The highest BCUT2D eigenvalue weighted by Crippen LogP contribution is 2.15. The molecule has 1 unspecified atom stereocenters. The highest BCUT2D eigenvalue weighted by atomic mass is 16.3. The van der Waals surface area contributed by atoms with Crippen LogP contribution in [0.2, 0.25) is 0 Å². The molecule has 3 heteroatoms. The number of nitrogens with one attached hydrogen (secondary N) is 1. The highest BCUT2D eigenvalue weighted by molar-refractivity contribution is 4.78. The van der Waals surface area contributed by atoms with Gasteiger partial charge in [-0.3, -0.25) is 4.90 Å². The Bertz CT molecular complexity index is 130. The average molecular weight is 186 g/mol. The van der Waals surface area contributed by atoms with Crippen molar-refractivity contribution in [3.63, 3.8) is 0 Å². The molecule has 1 saturated heterocycles. The fraction of sp³-hybridized carbons (Fsp3) is 1.00. The Morgan fingerprint density at radius 2 is 2.31 bits per heavy atom. The monoisotopic (exact) mass is 186 g/mol. The summed E-state index contributed by atoms with van der Waals surface area (Å²) >= 11 is 0. The molecule has 1 atom stereocenters. The van der Waals surface area contributed by atoms with Crippen molar-refractivity contribution < 1.29 is 5.11 Å². The summed E-state index contributed by atoms with van der Waals surface area (Å²) in [5, 5.41) is 12.5. The number of aliphatic hydroxyl groups is 1. The van der Waals surface area contributed by atoms with Crippen molar-refractivity contribution >= 4 is 0 Å². The molecule has 0 radical (unpaired) electrons. The maximum absolute atomic E-state index is 9.08. The summed E-state index contributed by atoms with van der Waals surface area (Å²) in [6.45, 7) is 6.93. The SMILES string of the molecule is CCCNCCN1CCCC1CO. The first-order chi connectivity index (χ1) is 6.38. The Morgan fingerprint density at radius 3 is 3.00 bits per heavy atom. The number of hydrogen-bond donors (Lipinski definition) is 2. The van der Waals surface area contributed by atoms with E-state index in [2.05, 4.69) is 17.1 Å². The lowest BCUT2D eigenvalue weighted by Crippen LogP contribution is -2.37. The van der Waals surface area contributed by atoms with E-state index in [1.165, 1.54) is 25.8 Å². The number of rotatable bonds is 6. The molecule has 0 bridgehead atoms. The van der Waals surface area contributed by atoms with Crippen molar-refractivity contribution in [1.29, 1.82) is 0 Å². The van der Waals surface area contributed by atoms with Gasteiger partial charge < -0.3 is 10.4 Å². The molecule has 2 N–H and O–H groups in total. The normalized spacial score (nSPS) is 24.0. The van der Waals surface area contributed by atoms with E-state index in [1.807, 2.05) is 0 Å². The van der Waals surface area contributed by atoms with Crippen molar-refractivity contribution in [3.8, 4) is 0 Å². The second-order valence-corrected chi connectivity index (χ2v) is 3.76. The summed E-state index contributed by atoms with van der Waals surface area (Å²) < 4.78 is 0. The van der Waals surface area contributed by atoms with Crippen LogP contribution in [0.15, 0.2) is 0 Å². The fourth-order valence-electron chi connectivity index (χ4n) is 1.92. The van der Waals surface area contributed by atoms with Gasteiger partial charge in [0, 0.05) is 19.1 Å². The summed E-state index contributed by atoms with van der Waals surface area (Å²) in [4.78, 5) is 2.39. The molecule has 0 amide bonds. The van der Waals surface area contributed by atoms with Crippen molar-refractivity contribution in [1.82, 2.24) is 10.2 Å². The maximum atomic E-state index is 9.08. The van der Waals surface area contributed by atoms with Crippen LogP contribution in [0.25, 0.3) is 0 Å². The van der Waals surface area contributed by atoms with E-state index < -0.39 is 0 Å². The minimum absolute atomic E-state index is 0.327. The zero-order valence-corrected chi connectivity index (χ0v) is 8.63. The molecule has 1 heterocycles. The lowest BCUT2D eigenvalue weighted by molar-refractivity contribution is 0.159. The molecule has 1 aliphatic heterocycles. The van der Waals surface area contributed by atoms with Gasteiger partial charge in [-0.25, -0.2) is 0 Å². The summed E-state index contributed by atoms with van der Waals surface area (Å²) in [5.41, 5.74) is 0. The summed E-state index contributed by atoms with van der Waals surface area (Å²) in [5.74, 6) is 0. The van der Waals surface area contributed by atoms with Gasteiger partial charge in [-0.1, -0.05) is 6.92 Å². The first-order valence-electron chi connectivity index (χ1n) is 5.44. The predicted octanol–water partition coefficient (Wildman–Crippen LogP) is 0.443. The van der Waals surface area contributed by atoms with Crippen LogP contribution in [0.3, 0.4) is 0 Å². The van der Waals surface area contributed by atoms with E-state index in [4.69, 9.17) is 5.11 Å². The van der Waals surface area contributed by atoms with E-state index in [0.29, 0.717) is 12.6 Å². The molecule has 0 aromatic heterocycles. The standard InChI is InChI=1S/C10H22N2O/c1-2-5-11-6-8-12-7-3-4-10(12)9-13/h10-11,13H,2-9H2,1H3. The number of aliphatic hydroxyl groups excluding tert-OH is 1. The molecule has 0 aromatic rings. The van der Waals surface area contributed by atoms with Gasteiger partial charge in [-0.05, 0) is 32.4 Å². The Balaban J connectivity index is 2.06. The average Bonchev–Trinajstić information content (AvgIpc) is 2.60. The van der Waals surface area contributed by atoms with Gasteiger partial charge >= 0.3 is 0 Å². The second kappa shape index (κ2) is 6.35. The van der Waals surface area contributed by atoms with Crippen LogP contribution < -0.4 is 5.32 Å². The number of nitrogens with zero attached hydrogens (tertiary/aromatic N) is 1. The Labute approximate surface area is 81.1 Å². The first kappa shape index (κ1) is 11.0. The lowest BCUT2D eigenvalue weighted by atomic mass is 10.2. The van der Waals surface area contributed by atoms with Gasteiger partial charge in [0.25, 0.3) is 0 Å². The highest BCUT2D eigenvalue weighted by Gasteiger charge is 2.22. The van der Waals surface area contributed by atoms with Crippen molar-refractivity contribution in [3.05, 3.63) is 0 Å². The van der Waals surface area contributed by atoms with Crippen LogP contribution in [-0.4, -0.2) is 48.8 Å². The van der Waals surface area contributed by atoms with Crippen molar-refractivity contribution in [2.75, 3.05) is 32.8 Å². The first-order valence-corrected chi connectivity index (χ1v) is 5.44. The smallest absolute Gasteiger partial charge is 0.0586 e. The molecule has 13 heavy (non-hydrogen) atoms. The zero-order chi connectivity index (χ0) is 9.52. The lowest BCUT2D eigenvalue weighted by Gasteiger charge is -2.22. The van der Waals surface area contributed by atoms with Gasteiger partial charge in [0.15, 0.2) is 0 Å². The van der Waals surface area contributed by atoms with E-state index in [1.54, 1.807) is 0 Å². The van der Waals surface area contributed by atoms with Gasteiger partial charge in [-0.15, -0.1) is 0 Å². The Kier molecular flexibility index (Phi) is 5.35. The van der Waals surface area contributed by atoms with Crippen LogP contribution in [0.4, 0.5) is 0 Å². The van der Waals surface area contributed by atoms with Crippen molar-refractivity contribution in [2.24, 2.45) is 0 Å². The molecular weight excluding hydrogens is 164 g/mol. The van der Waals surface area contributed by atoms with E-state index in [-0.39, 0.29) is 0 Å². The number of likely N-dealkylation sites (tertiary alicyclic amines) is 1. The van der Waals surface area contributed by atoms with Gasteiger partial charge in [-0.2, -0.15) is 0 Å². The third kappa shape index (κ3) is 3.63. The molecule has 0 spiro atoms. The number of hydrogen-bond acceptors (Lipinski definition) is 3.